The molecule has 1 fully saturated rings. The maximum absolute atomic E-state index is 14.2. The Bertz CT molecular complexity index is 1510. The first-order valence-corrected chi connectivity index (χ1v) is 15.5. The zero-order chi connectivity index (χ0) is 32.5. The van der Waals surface area contributed by atoms with E-state index in [4.69, 9.17) is 12.2 Å². The van der Waals surface area contributed by atoms with Gasteiger partial charge in [-0.15, -0.1) is 6.42 Å². The Hall–Kier alpha value is -4.26. The first-order chi connectivity index (χ1) is 21.6. The number of nitrogens with two attached hydrogens (primary N) is 1. The average molecular weight is 617 g/mol. The van der Waals surface area contributed by atoms with Gasteiger partial charge in [-0.05, 0) is 85.7 Å². The SMILES string of the molecule is C#Cc1cc(C(=O)N(CCC)CCC)cc(C(=O)N(Cc2cccc(NC3CC3)c2)C[C@@H](O)[C@@H](N)Cc2cc(F)cc(F)c2)c1. The monoisotopic (exact) mass is 616 g/mol. The molecule has 238 valence electrons. The molecule has 2 atom stereocenters. The highest BCUT2D eigenvalue weighted by atomic mass is 19.1. The van der Waals surface area contributed by atoms with Crippen LogP contribution in [0.25, 0.3) is 0 Å². The van der Waals surface area contributed by atoms with Crippen molar-refractivity contribution >= 4 is 17.5 Å². The van der Waals surface area contributed by atoms with Crippen molar-refractivity contribution in [3.8, 4) is 12.3 Å². The third-order valence-electron chi connectivity index (χ3n) is 7.70. The lowest BCUT2D eigenvalue weighted by Gasteiger charge is -2.29. The van der Waals surface area contributed by atoms with E-state index >= 15 is 0 Å². The molecule has 9 heteroatoms. The fourth-order valence-electron chi connectivity index (χ4n) is 5.34. The molecule has 1 aliphatic carbocycles. The fraction of sp³-hybridized carbons (Fsp3) is 0.389. The van der Waals surface area contributed by atoms with Crippen LogP contribution in [0.1, 0.15) is 76.9 Å². The van der Waals surface area contributed by atoms with E-state index in [-0.39, 0.29) is 31.0 Å². The number of hydrogen-bond donors (Lipinski definition) is 3. The van der Waals surface area contributed by atoms with Crippen LogP contribution in [0.3, 0.4) is 0 Å². The predicted molar refractivity (Wildman–Crippen MR) is 173 cm³/mol. The molecule has 0 saturated heterocycles. The number of nitrogens with zero attached hydrogens (tertiary/aromatic N) is 2. The van der Waals surface area contributed by atoms with Crippen LogP contribution in [0.5, 0.6) is 0 Å². The lowest BCUT2D eigenvalue weighted by molar-refractivity contribution is 0.0554. The number of carbonyl (C=O) groups excluding carboxylic acids is 2. The molecule has 2 amide bonds. The average Bonchev–Trinajstić information content (AvgIpc) is 3.83. The summed E-state index contributed by atoms with van der Waals surface area (Å²) in [4.78, 5) is 30.8. The summed E-state index contributed by atoms with van der Waals surface area (Å²) in [5.41, 5.74) is 9.26. The van der Waals surface area contributed by atoms with Crippen molar-refractivity contribution < 1.29 is 23.5 Å². The third kappa shape index (κ3) is 9.61. The van der Waals surface area contributed by atoms with Gasteiger partial charge in [-0.3, -0.25) is 9.59 Å². The highest BCUT2D eigenvalue weighted by Gasteiger charge is 2.26. The Balaban J connectivity index is 1.63. The number of hydrogen-bond acceptors (Lipinski definition) is 5. The zero-order valence-corrected chi connectivity index (χ0v) is 25.9. The molecule has 0 radical (unpaired) electrons. The first-order valence-electron chi connectivity index (χ1n) is 15.5. The van der Waals surface area contributed by atoms with Crippen LogP contribution in [-0.2, 0) is 13.0 Å². The summed E-state index contributed by atoms with van der Waals surface area (Å²) < 4.78 is 27.6. The van der Waals surface area contributed by atoms with Gasteiger partial charge in [0.05, 0.1) is 6.10 Å². The second kappa shape index (κ2) is 15.6. The second-order valence-electron chi connectivity index (χ2n) is 11.8. The van der Waals surface area contributed by atoms with Crippen LogP contribution < -0.4 is 11.1 Å². The largest absolute Gasteiger partial charge is 0.390 e. The number of benzene rings is 3. The zero-order valence-electron chi connectivity index (χ0n) is 25.9. The van der Waals surface area contributed by atoms with Gasteiger partial charge >= 0.3 is 0 Å². The Morgan fingerprint density at radius 1 is 0.956 bits per heavy atom. The minimum absolute atomic E-state index is 0.00537. The van der Waals surface area contributed by atoms with Crippen LogP contribution in [-0.4, -0.2) is 64.5 Å². The summed E-state index contributed by atoms with van der Waals surface area (Å²) in [6.07, 6.45) is 8.29. The van der Waals surface area contributed by atoms with Gasteiger partial charge in [0.25, 0.3) is 11.8 Å². The van der Waals surface area contributed by atoms with E-state index in [1.165, 1.54) is 17.0 Å². The van der Waals surface area contributed by atoms with Gasteiger partial charge in [0.15, 0.2) is 0 Å². The lowest BCUT2D eigenvalue weighted by atomic mass is 10.00. The summed E-state index contributed by atoms with van der Waals surface area (Å²) in [6, 6.07) is 15.0. The highest BCUT2D eigenvalue weighted by Crippen LogP contribution is 2.26. The van der Waals surface area contributed by atoms with Gasteiger partial charge in [-0.2, -0.15) is 0 Å². The Morgan fingerprint density at radius 2 is 1.58 bits per heavy atom. The van der Waals surface area contributed by atoms with E-state index in [0.29, 0.717) is 35.8 Å². The van der Waals surface area contributed by atoms with Gasteiger partial charge in [-0.1, -0.05) is 31.9 Å². The molecule has 45 heavy (non-hydrogen) atoms. The van der Waals surface area contributed by atoms with Crippen molar-refractivity contribution in [1.29, 1.82) is 0 Å². The molecule has 0 unspecified atom stereocenters. The standard InChI is InChI=1S/C36H42F2N4O3/c1-4-12-41(13-5-2)35(44)27-14-24(6-3)15-28(20-27)36(45)42(22-25-8-7-9-32(18-25)40-31-10-11-31)23-34(43)33(39)19-26-16-29(37)21-30(38)17-26/h3,7-9,14-18,20-21,31,33-34,40,43H,4-5,10-13,19,22-23,39H2,1-2H3/t33-,34+/m0/s1. The van der Waals surface area contributed by atoms with E-state index < -0.39 is 29.7 Å². The van der Waals surface area contributed by atoms with Gasteiger partial charge < -0.3 is 26.0 Å². The van der Waals surface area contributed by atoms with E-state index in [1.54, 1.807) is 23.1 Å². The van der Waals surface area contributed by atoms with Crippen molar-refractivity contribution in [2.75, 3.05) is 25.0 Å². The number of aliphatic hydroxyl groups excluding tert-OH is 1. The van der Waals surface area contributed by atoms with Crippen LogP contribution in [0, 0.1) is 24.0 Å². The summed E-state index contributed by atoms with van der Waals surface area (Å²) in [5.74, 6) is 0.429. The molecule has 0 heterocycles. The van der Waals surface area contributed by atoms with Gasteiger partial charge in [0, 0.05) is 66.7 Å². The number of anilines is 1. The second-order valence-corrected chi connectivity index (χ2v) is 11.8. The van der Waals surface area contributed by atoms with Gasteiger partial charge in [-0.25, -0.2) is 8.78 Å². The molecule has 1 saturated carbocycles. The number of carbonyl (C=O) groups is 2. The molecule has 0 aromatic heterocycles. The van der Waals surface area contributed by atoms with Crippen LogP contribution in [0.2, 0.25) is 0 Å². The number of terminal acetylenes is 1. The Kier molecular flexibility index (Phi) is 11.7. The summed E-state index contributed by atoms with van der Waals surface area (Å²) >= 11 is 0. The first kappa shape index (κ1) is 33.6. The van der Waals surface area contributed by atoms with Crippen LogP contribution in [0.15, 0.2) is 60.7 Å². The molecule has 7 nitrogen and oxygen atoms in total. The molecule has 0 spiro atoms. The van der Waals surface area contributed by atoms with Crippen LogP contribution >= 0.6 is 0 Å². The van der Waals surface area contributed by atoms with Crippen molar-refractivity contribution in [2.45, 2.75) is 70.7 Å². The van der Waals surface area contributed by atoms with Crippen molar-refractivity contribution in [2.24, 2.45) is 5.73 Å². The van der Waals surface area contributed by atoms with Crippen LogP contribution in [0.4, 0.5) is 14.5 Å². The summed E-state index contributed by atoms with van der Waals surface area (Å²) in [5, 5.41) is 14.6. The number of rotatable bonds is 15. The molecule has 4 N–H and O–H groups in total. The number of amides is 2. The smallest absolute Gasteiger partial charge is 0.254 e. The van der Waals surface area contributed by atoms with E-state index in [9.17, 15) is 23.5 Å². The molecular formula is C36H42F2N4O3. The molecule has 4 rings (SSSR count). The maximum atomic E-state index is 14.2. The Labute approximate surface area is 264 Å². The van der Waals surface area contributed by atoms with Gasteiger partial charge in [0.1, 0.15) is 11.6 Å². The normalized spacial score (nSPS) is 13.9. The molecule has 3 aromatic rings. The molecule has 1 aliphatic rings. The van der Waals surface area contributed by atoms with E-state index in [1.807, 2.05) is 38.1 Å². The molecule has 0 bridgehead atoms. The maximum Gasteiger partial charge on any atom is 0.254 e. The number of nitrogens with one attached hydrogen (secondary N) is 1. The van der Waals surface area contributed by atoms with Gasteiger partial charge in [0.2, 0.25) is 0 Å². The number of halogens is 2. The Morgan fingerprint density at radius 3 is 2.16 bits per heavy atom. The quantitative estimate of drug-likeness (QED) is 0.200. The molecular weight excluding hydrogens is 574 g/mol. The van der Waals surface area contributed by atoms with Crippen molar-refractivity contribution in [3.63, 3.8) is 0 Å². The summed E-state index contributed by atoms with van der Waals surface area (Å²) in [6.45, 7) is 5.12. The third-order valence-corrected chi connectivity index (χ3v) is 7.70. The topological polar surface area (TPSA) is 98.9 Å². The minimum atomic E-state index is -1.23. The summed E-state index contributed by atoms with van der Waals surface area (Å²) in [7, 11) is 0. The minimum Gasteiger partial charge on any atom is -0.390 e. The number of aliphatic hydroxyl groups is 1. The highest BCUT2D eigenvalue weighted by molar-refractivity contribution is 6.00. The molecule has 3 aromatic carbocycles. The van der Waals surface area contributed by atoms with Crippen molar-refractivity contribution in [3.05, 3.63) is 100 Å². The van der Waals surface area contributed by atoms with Crippen molar-refractivity contribution in [1.82, 2.24) is 9.80 Å². The lowest BCUT2D eigenvalue weighted by Crippen LogP contribution is -2.46. The molecule has 0 aliphatic heterocycles. The fourth-order valence-corrected chi connectivity index (χ4v) is 5.34. The van der Waals surface area contributed by atoms with E-state index in [2.05, 4.69) is 11.2 Å². The predicted octanol–water partition coefficient (Wildman–Crippen LogP) is 5.36. The van der Waals surface area contributed by atoms with E-state index in [0.717, 1.165) is 43.0 Å².